The predicted molar refractivity (Wildman–Crippen MR) is 83.0 cm³/mol. The van der Waals surface area contributed by atoms with Crippen molar-refractivity contribution < 1.29 is 19.8 Å². The van der Waals surface area contributed by atoms with Crippen LogP contribution in [0.4, 0.5) is 0 Å². The summed E-state index contributed by atoms with van der Waals surface area (Å²) in [5.41, 5.74) is 2.38. The highest BCUT2D eigenvalue weighted by atomic mass is 16.4. The summed E-state index contributed by atoms with van der Waals surface area (Å²) in [6.07, 6.45) is -0.227. The van der Waals surface area contributed by atoms with Crippen molar-refractivity contribution in [2.75, 3.05) is 0 Å². The van der Waals surface area contributed by atoms with Gasteiger partial charge in [0.2, 0.25) is 0 Å². The fourth-order valence-electron chi connectivity index (χ4n) is 2.64. The van der Waals surface area contributed by atoms with E-state index in [1.807, 2.05) is 31.2 Å². The molecule has 2 aromatic carbocycles. The second-order valence-electron chi connectivity index (χ2n) is 5.34. The van der Waals surface area contributed by atoms with Gasteiger partial charge in [0.1, 0.15) is 0 Å². The molecule has 4 nitrogen and oxygen atoms in total. The summed E-state index contributed by atoms with van der Waals surface area (Å²) in [7, 11) is 0. The molecule has 2 atom stereocenters. The summed E-state index contributed by atoms with van der Waals surface area (Å²) in [4.78, 5) is 23.0. The van der Waals surface area contributed by atoms with Crippen molar-refractivity contribution in [2.45, 2.75) is 25.2 Å². The Morgan fingerprint density at radius 2 is 1.50 bits per heavy atom. The summed E-state index contributed by atoms with van der Waals surface area (Å²) in [6, 6.07) is 16.1. The lowest BCUT2D eigenvalue weighted by atomic mass is 9.79. The van der Waals surface area contributed by atoms with Crippen LogP contribution in [0.25, 0.3) is 0 Å². The van der Waals surface area contributed by atoms with Gasteiger partial charge >= 0.3 is 11.9 Å². The van der Waals surface area contributed by atoms with Crippen molar-refractivity contribution in [2.24, 2.45) is 0 Å². The van der Waals surface area contributed by atoms with Crippen LogP contribution in [0, 0.1) is 6.92 Å². The Hall–Kier alpha value is -2.62. The monoisotopic (exact) mass is 298 g/mol. The molecule has 0 saturated heterocycles. The van der Waals surface area contributed by atoms with E-state index in [1.54, 1.807) is 30.3 Å². The highest BCUT2D eigenvalue weighted by molar-refractivity contribution is 5.79. The zero-order valence-electron chi connectivity index (χ0n) is 12.3. The van der Waals surface area contributed by atoms with Crippen molar-refractivity contribution in [1.29, 1.82) is 0 Å². The van der Waals surface area contributed by atoms with Gasteiger partial charge in [0.25, 0.3) is 0 Å². The molecular weight excluding hydrogens is 280 g/mol. The van der Waals surface area contributed by atoms with Gasteiger partial charge < -0.3 is 10.2 Å². The Bertz CT molecular complexity index is 647. The number of benzene rings is 2. The van der Waals surface area contributed by atoms with Gasteiger partial charge in [-0.15, -0.1) is 0 Å². The smallest absolute Gasteiger partial charge is 0.311 e. The van der Waals surface area contributed by atoms with Crippen molar-refractivity contribution >= 4 is 11.9 Å². The molecule has 114 valence electrons. The maximum Gasteiger partial charge on any atom is 0.311 e. The van der Waals surface area contributed by atoms with Crippen LogP contribution in [0.1, 0.15) is 34.9 Å². The van der Waals surface area contributed by atoms with E-state index < -0.39 is 23.8 Å². The molecule has 4 heteroatoms. The molecule has 0 amide bonds. The van der Waals surface area contributed by atoms with Gasteiger partial charge in [-0.2, -0.15) is 0 Å². The van der Waals surface area contributed by atoms with E-state index in [-0.39, 0.29) is 6.42 Å². The Kier molecular flexibility index (Phi) is 4.94. The van der Waals surface area contributed by atoms with Gasteiger partial charge in [-0.3, -0.25) is 9.59 Å². The lowest BCUT2D eigenvalue weighted by molar-refractivity contribution is -0.140. The molecule has 2 N–H and O–H groups in total. The first-order chi connectivity index (χ1) is 10.5. The molecule has 0 saturated carbocycles. The van der Waals surface area contributed by atoms with E-state index >= 15 is 0 Å². The Balaban J connectivity index is 2.47. The molecule has 0 spiro atoms. The van der Waals surface area contributed by atoms with E-state index in [0.29, 0.717) is 5.56 Å². The number of hydrogen-bond acceptors (Lipinski definition) is 2. The first-order valence-electron chi connectivity index (χ1n) is 7.05. The van der Waals surface area contributed by atoms with Crippen LogP contribution in [0.3, 0.4) is 0 Å². The van der Waals surface area contributed by atoms with E-state index in [0.717, 1.165) is 11.1 Å². The first kappa shape index (κ1) is 15.8. The third-order valence-electron chi connectivity index (χ3n) is 3.73. The number of carboxylic acid groups (broad SMARTS) is 2. The minimum Gasteiger partial charge on any atom is -0.481 e. The number of hydrogen-bond donors (Lipinski definition) is 2. The Morgan fingerprint density at radius 3 is 2.00 bits per heavy atom. The second-order valence-corrected chi connectivity index (χ2v) is 5.34. The summed E-state index contributed by atoms with van der Waals surface area (Å²) in [5.74, 6) is -3.52. The summed E-state index contributed by atoms with van der Waals surface area (Å²) in [6.45, 7) is 1.93. The van der Waals surface area contributed by atoms with Crippen molar-refractivity contribution in [1.82, 2.24) is 0 Å². The van der Waals surface area contributed by atoms with Crippen molar-refractivity contribution in [3.63, 3.8) is 0 Å². The number of carboxylic acids is 2. The van der Waals surface area contributed by atoms with E-state index in [4.69, 9.17) is 0 Å². The SMILES string of the molecule is Cc1ccc(C(CC(=O)O)C(C(=O)O)c2ccccc2)cc1. The maximum atomic E-state index is 11.8. The van der Waals surface area contributed by atoms with Gasteiger partial charge in [0, 0.05) is 5.92 Å². The summed E-state index contributed by atoms with van der Waals surface area (Å²) in [5, 5.41) is 18.8. The average molecular weight is 298 g/mol. The third kappa shape index (κ3) is 3.73. The van der Waals surface area contributed by atoms with Crippen LogP contribution in [-0.4, -0.2) is 22.2 Å². The highest BCUT2D eigenvalue weighted by Crippen LogP contribution is 2.36. The van der Waals surface area contributed by atoms with Gasteiger partial charge in [-0.05, 0) is 18.1 Å². The highest BCUT2D eigenvalue weighted by Gasteiger charge is 2.32. The molecule has 2 aromatic rings. The van der Waals surface area contributed by atoms with Crippen LogP contribution in [0.5, 0.6) is 0 Å². The van der Waals surface area contributed by atoms with E-state index in [2.05, 4.69) is 0 Å². The van der Waals surface area contributed by atoms with Crippen molar-refractivity contribution in [3.05, 3.63) is 71.3 Å². The molecule has 0 bridgehead atoms. The number of rotatable bonds is 6. The molecule has 0 aliphatic carbocycles. The third-order valence-corrected chi connectivity index (χ3v) is 3.73. The van der Waals surface area contributed by atoms with Crippen LogP contribution in [-0.2, 0) is 9.59 Å². The summed E-state index contributed by atoms with van der Waals surface area (Å²) < 4.78 is 0. The van der Waals surface area contributed by atoms with Gasteiger partial charge in [0.05, 0.1) is 12.3 Å². The number of carbonyl (C=O) groups is 2. The van der Waals surface area contributed by atoms with Crippen LogP contribution in [0.2, 0.25) is 0 Å². The van der Waals surface area contributed by atoms with Crippen LogP contribution < -0.4 is 0 Å². The lowest BCUT2D eigenvalue weighted by Crippen LogP contribution is -2.22. The molecule has 0 aliphatic heterocycles. The molecule has 0 radical (unpaired) electrons. The first-order valence-corrected chi connectivity index (χ1v) is 7.05. The number of aryl methyl sites for hydroxylation is 1. The lowest BCUT2D eigenvalue weighted by Gasteiger charge is -2.23. The van der Waals surface area contributed by atoms with Gasteiger partial charge in [-0.1, -0.05) is 60.2 Å². The Labute approximate surface area is 129 Å². The van der Waals surface area contributed by atoms with Gasteiger partial charge in [0.15, 0.2) is 0 Å². The summed E-state index contributed by atoms with van der Waals surface area (Å²) >= 11 is 0. The van der Waals surface area contributed by atoms with Crippen molar-refractivity contribution in [3.8, 4) is 0 Å². The normalized spacial score (nSPS) is 13.3. The second kappa shape index (κ2) is 6.89. The van der Waals surface area contributed by atoms with Crippen LogP contribution in [0.15, 0.2) is 54.6 Å². The average Bonchev–Trinajstić information content (AvgIpc) is 2.48. The largest absolute Gasteiger partial charge is 0.481 e. The Morgan fingerprint density at radius 1 is 0.909 bits per heavy atom. The molecule has 0 fully saturated rings. The number of aliphatic carboxylic acids is 2. The quantitative estimate of drug-likeness (QED) is 0.857. The van der Waals surface area contributed by atoms with Crippen LogP contribution >= 0.6 is 0 Å². The van der Waals surface area contributed by atoms with Gasteiger partial charge in [-0.25, -0.2) is 0 Å². The minimum atomic E-state index is -1.02. The molecule has 0 aromatic heterocycles. The maximum absolute atomic E-state index is 11.8. The fraction of sp³-hybridized carbons (Fsp3) is 0.222. The standard InChI is InChI=1S/C18H18O4/c1-12-7-9-13(10-8-12)15(11-16(19)20)17(18(21)22)14-5-3-2-4-6-14/h2-10,15,17H,11H2,1H3,(H,19,20)(H,21,22). The van der Waals surface area contributed by atoms with E-state index in [9.17, 15) is 19.8 Å². The molecule has 2 unspecified atom stereocenters. The fourth-order valence-corrected chi connectivity index (χ4v) is 2.64. The zero-order chi connectivity index (χ0) is 16.1. The molecular formula is C18H18O4. The molecule has 2 rings (SSSR count). The molecule has 0 aliphatic rings. The molecule has 22 heavy (non-hydrogen) atoms. The minimum absolute atomic E-state index is 0.227. The topological polar surface area (TPSA) is 74.6 Å². The zero-order valence-corrected chi connectivity index (χ0v) is 12.3. The molecule has 0 heterocycles. The van der Waals surface area contributed by atoms with E-state index in [1.165, 1.54) is 0 Å². The predicted octanol–water partition coefficient (Wildman–Crippen LogP) is 3.42.